The number of rotatable bonds is 6. The van der Waals surface area contributed by atoms with E-state index in [4.69, 9.17) is 9.72 Å². The lowest BCUT2D eigenvalue weighted by molar-refractivity contribution is -0.0702. The van der Waals surface area contributed by atoms with Gasteiger partial charge in [-0.25, -0.2) is 4.98 Å². The van der Waals surface area contributed by atoms with Crippen LogP contribution in [0.25, 0.3) is 0 Å². The molecule has 1 unspecified atom stereocenters. The summed E-state index contributed by atoms with van der Waals surface area (Å²) in [6, 6.07) is 0.761. The molecule has 1 N–H and O–H groups in total. The van der Waals surface area contributed by atoms with E-state index in [1.807, 2.05) is 11.3 Å². The van der Waals surface area contributed by atoms with Gasteiger partial charge in [0.1, 0.15) is 10.6 Å². The lowest BCUT2D eigenvalue weighted by Crippen LogP contribution is -2.30. The fraction of sp³-hybridized carbons (Fsp3) is 0.812. The third-order valence-electron chi connectivity index (χ3n) is 4.31. The first kappa shape index (κ1) is 14.5. The van der Waals surface area contributed by atoms with E-state index < -0.39 is 0 Å². The number of nitrogens with zero attached hydrogens (tertiary/aromatic N) is 1. The predicted octanol–water partition coefficient (Wildman–Crippen LogP) is 3.76. The summed E-state index contributed by atoms with van der Waals surface area (Å²) in [5, 5.41) is 4.83. The number of thiazole rings is 1. The van der Waals surface area contributed by atoms with E-state index in [1.165, 1.54) is 41.3 Å². The Labute approximate surface area is 126 Å². The highest BCUT2D eigenvalue weighted by molar-refractivity contribution is 7.11. The molecule has 0 bridgehead atoms. The van der Waals surface area contributed by atoms with E-state index >= 15 is 0 Å². The van der Waals surface area contributed by atoms with E-state index in [0.29, 0.717) is 0 Å². The minimum Gasteiger partial charge on any atom is -0.368 e. The average Bonchev–Trinajstić information content (AvgIpc) is 3.19. The van der Waals surface area contributed by atoms with Crippen LogP contribution < -0.4 is 5.32 Å². The van der Waals surface area contributed by atoms with Crippen LogP contribution in [0.4, 0.5) is 0 Å². The minimum absolute atomic E-state index is 0.136. The Kier molecular flexibility index (Phi) is 4.43. The van der Waals surface area contributed by atoms with Crippen molar-refractivity contribution in [1.82, 2.24) is 10.3 Å². The maximum atomic E-state index is 6.06. The molecule has 4 heteroatoms. The molecule has 1 aromatic heterocycles. The van der Waals surface area contributed by atoms with Crippen LogP contribution in [0.5, 0.6) is 0 Å². The second-order valence-corrected chi connectivity index (χ2v) is 7.41. The molecule has 112 valence electrons. The van der Waals surface area contributed by atoms with Crippen LogP contribution in [0.3, 0.4) is 0 Å². The highest BCUT2D eigenvalue weighted by atomic mass is 32.1. The number of nitrogens with one attached hydrogen (secondary N) is 1. The Balaban J connectivity index is 1.77. The third-order valence-corrected chi connectivity index (χ3v) is 5.66. The lowest BCUT2D eigenvalue weighted by Gasteiger charge is -2.31. The van der Waals surface area contributed by atoms with Crippen LogP contribution in [0.2, 0.25) is 0 Å². The SMILES string of the molecule is CCCc1nc(C2(C)CCCCO2)sc1CNC1CC1. The van der Waals surface area contributed by atoms with E-state index in [-0.39, 0.29) is 5.60 Å². The standard InChI is InChI=1S/C16H26N2OS/c1-3-6-13-14(11-17-12-7-8-12)20-15(18-13)16(2)9-4-5-10-19-16/h12,17H,3-11H2,1-2H3. The Hall–Kier alpha value is -0.450. The Morgan fingerprint density at radius 2 is 2.25 bits per heavy atom. The second-order valence-electron chi connectivity index (χ2n) is 6.33. The summed E-state index contributed by atoms with van der Waals surface area (Å²) in [6.07, 6.45) is 8.51. The molecule has 2 aliphatic rings. The van der Waals surface area contributed by atoms with Crippen LogP contribution in [0.1, 0.15) is 68.0 Å². The van der Waals surface area contributed by atoms with Crippen LogP contribution in [0, 0.1) is 0 Å². The first-order valence-corrected chi connectivity index (χ1v) is 8.89. The van der Waals surface area contributed by atoms with Gasteiger partial charge >= 0.3 is 0 Å². The van der Waals surface area contributed by atoms with Crippen molar-refractivity contribution in [3.63, 3.8) is 0 Å². The van der Waals surface area contributed by atoms with Crippen molar-refractivity contribution in [2.75, 3.05) is 6.61 Å². The normalized spacial score (nSPS) is 26.9. The molecule has 3 rings (SSSR count). The molecule has 1 atom stereocenters. The second kappa shape index (κ2) is 6.12. The molecule has 1 aliphatic carbocycles. The molecule has 1 aliphatic heterocycles. The van der Waals surface area contributed by atoms with Gasteiger partial charge in [-0.2, -0.15) is 0 Å². The number of aromatic nitrogens is 1. The molecular formula is C16H26N2OS. The van der Waals surface area contributed by atoms with Gasteiger partial charge in [0.05, 0.1) is 5.69 Å². The smallest absolute Gasteiger partial charge is 0.125 e. The van der Waals surface area contributed by atoms with Gasteiger partial charge in [0, 0.05) is 24.1 Å². The Morgan fingerprint density at radius 3 is 2.90 bits per heavy atom. The molecule has 0 spiro atoms. The first-order valence-electron chi connectivity index (χ1n) is 8.07. The molecule has 2 fully saturated rings. The van der Waals surface area contributed by atoms with E-state index in [9.17, 15) is 0 Å². The van der Waals surface area contributed by atoms with Gasteiger partial charge in [-0.05, 0) is 45.4 Å². The maximum absolute atomic E-state index is 6.06. The molecule has 0 radical (unpaired) electrons. The van der Waals surface area contributed by atoms with E-state index in [1.54, 1.807) is 0 Å². The number of ether oxygens (including phenoxy) is 1. The quantitative estimate of drug-likeness (QED) is 0.867. The number of hydrogen-bond acceptors (Lipinski definition) is 4. The van der Waals surface area contributed by atoms with Crippen LogP contribution >= 0.6 is 11.3 Å². The van der Waals surface area contributed by atoms with Gasteiger partial charge in [-0.3, -0.25) is 0 Å². The highest BCUT2D eigenvalue weighted by Crippen LogP contribution is 2.38. The van der Waals surface area contributed by atoms with Gasteiger partial charge in [0.25, 0.3) is 0 Å². The summed E-state index contributed by atoms with van der Waals surface area (Å²) in [5.74, 6) is 0. The molecule has 1 aromatic rings. The topological polar surface area (TPSA) is 34.1 Å². The molecule has 20 heavy (non-hydrogen) atoms. The lowest BCUT2D eigenvalue weighted by atomic mass is 9.97. The average molecular weight is 294 g/mol. The summed E-state index contributed by atoms with van der Waals surface area (Å²) in [4.78, 5) is 6.38. The molecule has 2 heterocycles. The monoisotopic (exact) mass is 294 g/mol. The molecule has 0 amide bonds. The molecular weight excluding hydrogens is 268 g/mol. The van der Waals surface area contributed by atoms with Crippen molar-refractivity contribution in [3.05, 3.63) is 15.6 Å². The van der Waals surface area contributed by atoms with Crippen LogP contribution in [-0.4, -0.2) is 17.6 Å². The van der Waals surface area contributed by atoms with Gasteiger partial charge in [0.2, 0.25) is 0 Å². The van der Waals surface area contributed by atoms with Crippen molar-refractivity contribution in [2.24, 2.45) is 0 Å². The maximum Gasteiger partial charge on any atom is 0.125 e. The van der Waals surface area contributed by atoms with Crippen molar-refractivity contribution in [2.45, 2.75) is 77.0 Å². The zero-order valence-electron chi connectivity index (χ0n) is 12.7. The minimum atomic E-state index is -0.136. The zero-order chi connectivity index (χ0) is 14.0. The van der Waals surface area contributed by atoms with Gasteiger partial charge < -0.3 is 10.1 Å². The van der Waals surface area contributed by atoms with Crippen molar-refractivity contribution >= 4 is 11.3 Å². The fourth-order valence-electron chi connectivity index (χ4n) is 2.81. The molecule has 1 saturated carbocycles. The highest BCUT2D eigenvalue weighted by Gasteiger charge is 2.34. The number of aryl methyl sites for hydroxylation is 1. The summed E-state index contributed by atoms with van der Waals surface area (Å²) >= 11 is 1.88. The first-order chi connectivity index (χ1) is 9.71. The summed E-state index contributed by atoms with van der Waals surface area (Å²) < 4.78 is 6.06. The number of hydrogen-bond donors (Lipinski definition) is 1. The van der Waals surface area contributed by atoms with Gasteiger partial charge in [0.15, 0.2) is 0 Å². The summed E-state index contributed by atoms with van der Waals surface area (Å²) in [6.45, 7) is 6.33. The van der Waals surface area contributed by atoms with Crippen LogP contribution in [-0.2, 0) is 23.3 Å². The largest absolute Gasteiger partial charge is 0.368 e. The Morgan fingerprint density at radius 1 is 1.40 bits per heavy atom. The van der Waals surface area contributed by atoms with E-state index in [2.05, 4.69) is 19.2 Å². The predicted molar refractivity (Wildman–Crippen MR) is 83.1 cm³/mol. The van der Waals surface area contributed by atoms with Gasteiger partial charge in [-0.1, -0.05) is 13.3 Å². The van der Waals surface area contributed by atoms with Crippen LogP contribution in [0.15, 0.2) is 0 Å². The zero-order valence-corrected chi connectivity index (χ0v) is 13.5. The summed E-state index contributed by atoms with van der Waals surface area (Å²) in [5.41, 5.74) is 1.17. The molecule has 0 aromatic carbocycles. The van der Waals surface area contributed by atoms with Crippen molar-refractivity contribution in [3.8, 4) is 0 Å². The molecule has 3 nitrogen and oxygen atoms in total. The third kappa shape index (κ3) is 3.23. The summed E-state index contributed by atoms with van der Waals surface area (Å²) in [7, 11) is 0. The van der Waals surface area contributed by atoms with E-state index in [0.717, 1.165) is 38.5 Å². The van der Waals surface area contributed by atoms with Gasteiger partial charge in [-0.15, -0.1) is 11.3 Å². The van der Waals surface area contributed by atoms with Crippen molar-refractivity contribution in [1.29, 1.82) is 0 Å². The fourth-order valence-corrected chi connectivity index (χ4v) is 3.99. The molecule has 1 saturated heterocycles. The Bertz CT molecular complexity index is 447. The van der Waals surface area contributed by atoms with Crippen molar-refractivity contribution < 1.29 is 4.74 Å².